The van der Waals surface area contributed by atoms with Crippen molar-refractivity contribution in [1.82, 2.24) is 9.55 Å². The van der Waals surface area contributed by atoms with Gasteiger partial charge in [0.1, 0.15) is 16.7 Å². The Balaban J connectivity index is 2.05. The maximum absolute atomic E-state index is 13.5. The largest absolute Gasteiger partial charge is 0.368 e. The molecule has 0 aliphatic heterocycles. The molecule has 7 heteroatoms. The average molecular weight is 410 g/mol. The highest BCUT2D eigenvalue weighted by molar-refractivity contribution is 7.17. The number of fused-ring (bicyclic) bond motifs is 1. The molecule has 140 valence electrons. The first-order valence-electron chi connectivity index (χ1n) is 8.62. The molecule has 0 saturated carbocycles. The molecule has 1 amide bonds. The lowest BCUT2D eigenvalue weighted by Crippen LogP contribution is -2.33. The summed E-state index contributed by atoms with van der Waals surface area (Å²) in [5.74, 6) is -0.169. The normalized spacial score (nSPS) is 12.2. The number of nitrogens with zero attached hydrogens (tertiary/aromatic N) is 2. The molecule has 0 aliphatic carbocycles. The van der Waals surface area contributed by atoms with Gasteiger partial charge in [-0.1, -0.05) is 54.1 Å². The molecular weight excluding hydrogens is 394 g/mol. The number of aromatic nitrogens is 2. The summed E-state index contributed by atoms with van der Waals surface area (Å²) < 4.78 is 1.38. The first-order chi connectivity index (χ1) is 13.5. The van der Waals surface area contributed by atoms with Crippen LogP contribution in [0.15, 0.2) is 64.8 Å². The van der Waals surface area contributed by atoms with Gasteiger partial charge in [-0.2, -0.15) is 0 Å². The van der Waals surface area contributed by atoms with Gasteiger partial charge in [-0.15, -0.1) is 11.3 Å². The van der Waals surface area contributed by atoms with E-state index in [9.17, 15) is 9.59 Å². The number of hydrogen-bond donors (Lipinski definition) is 1. The Morgan fingerprint density at radius 1 is 1.11 bits per heavy atom. The predicted octanol–water partition coefficient (Wildman–Crippen LogP) is 4.49. The highest BCUT2D eigenvalue weighted by atomic mass is 35.5. The van der Waals surface area contributed by atoms with Crippen molar-refractivity contribution >= 4 is 39.1 Å². The van der Waals surface area contributed by atoms with E-state index in [2.05, 4.69) is 0 Å². The van der Waals surface area contributed by atoms with Crippen LogP contribution in [0.2, 0.25) is 5.02 Å². The van der Waals surface area contributed by atoms with E-state index in [4.69, 9.17) is 22.3 Å². The first kappa shape index (κ1) is 18.4. The van der Waals surface area contributed by atoms with Gasteiger partial charge in [-0.3, -0.25) is 14.2 Å². The lowest BCUT2D eigenvalue weighted by Gasteiger charge is -2.17. The molecule has 1 unspecified atom stereocenters. The summed E-state index contributed by atoms with van der Waals surface area (Å²) in [4.78, 5) is 30.7. The van der Waals surface area contributed by atoms with Crippen molar-refractivity contribution < 1.29 is 4.79 Å². The van der Waals surface area contributed by atoms with Crippen molar-refractivity contribution in [2.45, 2.75) is 13.0 Å². The average Bonchev–Trinajstić information content (AvgIpc) is 3.13. The van der Waals surface area contributed by atoms with E-state index in [1.54, 1.807) is 19.1 Å². The fraction of sp³-hybridized carbons (Fsp3) is 0.0952. The second-order valence-electron chi connectivity index (χ2n) is 6.39. The van der Waals surface area contributed by atoms with Crippen molar-refractivity contribution in [3.05, 3.63) is 75.4 Å². The molecule has 0 spiro atoms. The summed E-state index contributed by atoms with van der Waals surface area (Å²) in [6.45, 7) is 1.61. The molecule has 2 N–H and O–H groups in total. The number of primary amides is 1. The third-order valence-electron chi connectivity index (χ3n) is 4.63. The van der Waals surface area contributed by atoms with E-state index in [1.807, 2.05) is 47.8 Å². The van der Waals surface area contributed by atoms with E-state index in [0.717, 1.165) is 16.7 Å². The summed E-state index contributed by atoms with van der Waals surface area (Å²) in [5.41, 5.74) is 7.61. The number of halogens is 1. The molecule has 2 heterocycles. The number of carbonyl (C=O) groups is 1. The Bertz CT molecular complexity index is 1230. The summed E-state index contributed by atoms with van der Waals surface area (Å²) in [6.07, 6.45) is 0. The van der Waals surface area contributed by atoms with E-state index >= 15 is 0 Å². The van der Waals surface area contributed by atoms with Crippen LogP contribution < -0.4 is 11.3 Å². The second kappa shape index (κ2) is 7.22. The zero-order valence-electron chi connectivity index (χ0n) is 14.9. The van der Waals surface area contributed by atoms with Gasteiger partial charge in [0.15, 0.2) is 0 Å². The molecule has 1 atom stereocenters. The van der Waals surface area contributed by atoms with Crippen molar-refractivity contribution in [2.75, 3.05) is 0 Å². The first-order valence-corrected chi connectivity index (χ1v) is 9.87. The van der Waals surface area contributed by atoms with Crippen LogP contribution in [0, 0.1) is 0 Å². The molecule has 4 aromatic rings. The smallest absolute Gasteiger partial charge is 0.263 e. The summed E-state index contributed by atoms with van der Waals surface area (Å²) in [7, 11) is 0. The van der Waals surface area contributed by atoms with Crippen molar-refractivity contribution in [2.24, 2.45) is 5.73 Å². The number of thiophene rings is 1. The predicted molar refractivity (Wildman–Crippen MR) is 114 cm³/mol. The van der Waals surface area contributed by atoms with Gasteiger partial charge in [-0.05, 0) is 24.6 Å². The Morgan fingerprint density at radius 3 is 2.43 bits per heavy atom. The number of benzene rings is 2. The lowest BCUT2D eigenvalue weighted by atomic mass is 10.1. The van der Waals surface area contributed by atoms with Crippen molar-refractivity contribution in [1.29, 1.82) is 0 Å². The minimum atomic E-state index is -0.836. The Morgan fingerprint density at radius 2 is 1.79 bits per heavy atom. The van der Waals surface area contributed by atoms with Crippen molar-refractivity contribution in [3.63, 3.8) is 0 Å². The molecule has 28 heavy (non-hydrogen) atoms. The fourth-order valence-electron chi connectivity index (χ4n) is 3.12. The van der Waals surface area contributed by atoms with Crippen LogP contribution in [-0.4, -0.2) is 15.5 Å². The zero-order chi connectivity index (χ0) is 19.8. The molecule has 4 rings (SSSR count). The summed E-state index contributed by atoms with van der Waals surface area (Å²) in [5, 5.41) is 2.99. The fourth-order valence-corrected chi connectivity index (χ4v) is 4.19. The molecule has 5 nitrogen and oxygen atoms in total. The SMILES string of the molecule is CC(C(N)=O)n1c(-c2ccccc2)nc2scc(-c3ccc(Cl)cc3)c2c1=O. The summed E-state index contributed by atoms with van der Waals surface area (Å²) >= 11 is 7.38. The highest BCUT2D eigenvalue weighted by Gasteiger charge is 2.23. The molecule has 0 fully saturated rings. The topological polar surface area (TPSA) is 78.0 Å². The van der Waals surface area contributed by atoms with Crippen molar-refractivity contribution in [3.8, 4) is 22.5 Å². The van der Waals surface area contributed by atoms with E-state index in [-0.39, 0.29) is 5.56 Å². The van der Waals surface area contributed by atoms with Gasteiger partial charge in [0.2, 0.25) is 5.91 Å². The molecule has 0 aliphatic rings. The molecule has 0 saturated heterocycles. The lowest BCUT2D eigenvalue weighted by molar-refractivity contribution is -0.120. The maximum atomic E-state index is 13.5. The summed E-state index contributed by atoms with van der Waals surface area (Å²) in [6, 6.07) is 15.7. The minimum Gasteiger partial charge on any atom is -0.368 e. The molecule has 0 radical (unpaired) electrons. The Labute approximate surface area is 170 Å². The van der Waals surface area contributed by atoms with Gasteiger partial charge < -0.3 is 5.73 Å². The minimum absolute atomic E-state index is 0.290. The van der Waals surface area contributed by atoms with Gasteiger partial charge in [0.05, 0.1) is 5.39 Å². The van der Waals surface area contributed by atoms with Gasteiger partial charge in [0, 0.05) is 21.5 Å². The molecular formula is C21H16ClN3O2S. The quantitative estimate of drug-likeness (QED) is 0.539. The van der Waals surface area contributed by atoms with Crippen LogP contribution in [0.25, 0.3) is 32.7 Å². The van der Waals surface area contributed by atoms with Crippen LogP contribution in [-0.2, 0) is 4.79 Å². The number of rotatable bonds is 4. The Hall–Kier alpha value is -2.96. The van der Waals surface area contributed by atoms with Gasteiger partial charge in [0.25, 0.3) is 5.56 Å². The van der Waals surface area contributed by atoms with Crippen LogP contribution in [0.3, 0.4) is 0 Å². The van der Waals surface area contributed by atoms with E-state index in [1.165, 1.54) is 15.9 Å². The van der Waals surface area contributed by atoms with Gasteiger partial charge in [-0.25, -0.2) is 4.98 Å². The van der Waals surface area contributed by atoms with Crippen LogP contribution in [0.4, 0.5) is 0 Å². The zero-order valence-corrected chi connectivity index (χ0v) is 16.5. The third-order valence-corrected chi connectivity index (χ3v) is 5.75. The standard InChI is InChI=1S/C21H16ClN3O2S/c1-12(18(23)26)25-19(14-5-3-2-4-6-14)24-20-17(21(25)27)16(11-28-20)13-7-9-15(22)10-8-13/h2-12H,1H3,(H2,23,26). The Kier molecular flexibility index (Phi) is 4.75. The number of amides is 1. The maximum Gasteiger partial charge on any atom is 0.263 e. The number of nitrogens with two attached hydrogens (primary N) is 1. The number of carbonyl (C=O) groups excluding carboxylic acids is 1. The monoisotopic (exact) mass is 409 g/mol. The van der Waals surface area contributed by atoms with Crippen LogP contribution in [0.1, 0.15) is 13.0 Å². The van der Waals surface area contributed by atoms with E-state index in [0.29, 0.717) is 21.1 Å². The highest BCUT2D eigenvalue weighted by Crippen LogP contribution is 2.33. The third kappa shape index (κ3) is 3.10. The van der Waals surface area contributed by atoms with E-state index < -0.39 is 11.9 Å². The van der Waals surface area contributed by atoms with Crippen LogP contribution in [0.5, 0.6) is 0 Å². The van der Waals surface area contributed by atoms with Crippen LogP contribution >= 0.6 is 22.9 Å². The van der Waals surface area contributed by atoms with Gasteiger partial charge >= 0.3 is 0 Å². The molecule has 2 aromatic heterocycles. The second-order valence-corrected chi connectivity index (χ2v) is 7.69. The number of hydrogen-bond acceptors (Lipinski definition) is 4. The molecule has 0 bridgehead atoms. The molecule has 2 aromatic carbocycles.